The van der Waals surface area contributed by atoms with E-state index in [2.05, 4.69) is 35.9 Å². The predicted molar refractivity (Wildman–Crippen MR) is 77.4 cm³/mol. The van der Waals surface area contributed by atoms with Crippen molar-refractivity contribution in [3.8, 4) is 0 Å². The van der Waals surface area contributed by atoms with Gasteiger partial charge in [-0.2, -0.15) is 25.3 Å². The Morgan fingerprint density at radius 1 is 1.11 bits per heavy atom. The number of likely N-dealkylation sites (N-methyl/N-ethyl adjacent to an activating group) is 1. The Hall–Kier alpha value is -0.340. The Balaban J connectivity index is 4.96. The molecule has 0 saturated heterocycles. The highest BCUT2D eigenvalue weighted by molar-refractivity contribution is 7.80. The zero-order valence-electron chi connectivity index (χ0n) is 11.0. The van der Waals surface area contributed by atoms with Crippen molar-refractivity contribution in [2.45, 2.75) is 31.7 Å². The standard InChI is InChI=1S/C11H20F2N2O2S2/c1-3-14-9(17)10(12,6-18)5-8(16)11(13,7-19)15-4-2/h15,18-19H,3-7H2,1-2H3,(H,14,17)/t10-,11-/m0/s1. The van der Waals surface area contributed by atoms with Crippen molar-refractivity contribution in [1.29, 1.82) is 0 Å². The number of halogens is 2. The van der Waals surface area contributed by atoms with Crippen LogP contribution in [0, 0.1) is 0 Å². The monoisotopic (exact) mass is 314 g/mol. The van der Waals surface area contributed by atoms with Gasteiger partial charge in [-0.15, -0.1) is 0 Å². The number of alkyl halides is 2. The number of rotatable bonds is 9. The Morgan fingerprint density at radius 2 is 1.68 bits per heavy atom. The molecule has 19 heavy (non-hydrogen) atoms. The molecule has 0 radical (unpaired) electrons. The van der Waals surface area contributed by atoms with Gasteiger partial charge < -0.3 is 5.32 Å². The predicted octanol–water partition coefficient (Wildman–Crippen LogP) is 0.925. The molecule has 0 fully saturated rings. The van der Waals surface area contributed by atoms with Crippen LogP contribution in [0.2, 0.25) is 0 Å². The van der Waals surface area contributed by atoms with Crippen LogP contribution in [0.4, 0.5) is 8.78 Å². The van der Waals surface area contributed by atoms with Crippen molar-refractivity contribution in [2.24, 2.45) is 0 Å². The van der Waals surface area contributed by atoms with Crippen molar-refractivity contribution in [3.63, 3.8) is 0 Å². The maximum atomic E-state index is 14.3. The van der Waals surface area contributed by atoms with Gasteiger partial charge in [0.25, 0.3) is 5.91 Å². The molecule has 0 spiro atoms. The van der Waals surface area contributed by atoms with Gasteiger partial charge in [0.2, 0.25) is 11.5 Å². The number of Topliss-reactive ketones (excluding diaryl/α,β-unsaturated/α-hetero) is 1. The number of hydrogen-bond acceptors (Lipinski definition) is 5. The Bertz CT molecular complexity index is 334. The molecule has 112 valence electrons. The first-order valence-electron chi connectivity index (χ1n) is 5.95. The van der Waals surface area contributed by atoms with Crippen LogP contribution in [0.1, 0.15) is 20.3 Å². The van der Waals surface area contributed by atoms with E-state index >= 15 is 0 Å². The smallest absolute Gasteiger partial charge is 0.259 e. The zero-order valence-corrected chi connectivity index (χ0v) is 12.8. The summed E-state index contributed by atoms with van der Waals surface area (Å²) < 4.78 is 28.5. The van der Waals surface area contributed by atoms with Gasteiger partial charge in [-0.05, 0) is 13.5 Å². The third-order valence-electron chi connectivity index (χ3n) is 2.55. The summed E-state index contributed by atoms with van der Waals surface area (Å²) in [6.07, 6.45) is -0.883. The van der Waals surface area contributed by atoms with Gasteiger partial charge in [-0.1, -0.05) is 6.92 Å². The van der Waals surface area contributed by atoms with Crippen molar-refractivity contribution in [3.05, 3.63) is 0 Å². The minimum Gasteiger partial charge on any atom is -0.354 e. The van der Waals surface area contributed by atoms with E-state index < -0.39 is 41.1 Å². The van der Waals surface area contributed by atoms with Crippen molar-refractivity contribution >= 4 is 36.9 Å². The number of thiol groups is 2. The highest BCUT2D eigenvalue weighted by atomic mass is 32.1. The highest BCUT2D eigenvalue weighted by Crippen LogP contribution is 2.24. The molecule has 0 aliphatic rings. The average Bonchev–Trinajstić information content (AvgIpc) is 2.38. The van der Waals surface area contributed by atoms with Crippen molar-refractivity contribution < 1.29 is 18.4 Å². The summed E-state index contributed by atoms with van der Waals surface area (Å²) in [6, 6.07) is 0. The van der Waals surface area contributed by atoms with E-state index in [0.29, 0.717) is 0 Å². The molecule has 8 heteroatoms. The van der Waals surface area contributed by atoms with Crippen molar-refractivity contribution in [2.75, 3.05) is 24.6 Å². The lowest BCUT2D eigenvalue weighted by Crippen LogP contribution is -2.54. The first kappa shape index (κ1) is 18.7. The van der Waals surface area contributed by atoms with E-state index in [4.69, 9.17) is 0 Å². The van der Waals surface area contributed by atoms with Crippen LogP contribution in [0.5, 0.6) is 0 Å². The second-order valence-corrected chi connectivity index (χ2v) is 4.70. The quantitative estimate of drug-likeness (QED) is 0.378. The summed E-state index contributed by atoms with van der Waals surface area (Å²) in [6.45, 7) is 3.62. The molecular formula is C11H20F2N2O2S2. The number of nitrogens with one attached hydrogen (secondary N) is 2. The third kappa shape index (κ3) is 4.92. The fourth-order valence-electron chi connectivity index (χ4n) is 1.44. The van der Waals surface area contributed by atoms with E-state index in [-0.39, 0.29) is 13.1 Å². The summed E-state index contributed by atoms with van der Waals surface area (Å²) >= 11 is 7.48. The molecular weight excluding hydrogens is 294 g/mol. The Labute approximate surface area is 122 Å². The molecule has 0 rings (SSSR count). The summed E-state index contributed by atoms with van der Waals surface area (Å²) in [5.74, 6) is -5.38. The molecule has 0 unspecified atom stereocenters. The average molecular weight is 314 g/mol. The Kier molecular flexibility index (Phi) is 7.92. The van der Waals surface area contributed by atoms with Crippen molar-refractivity contribution in [1.82, 2.24) is 10.6 Å². The van der Waals surface area contributed by atoms with E-state index in [1.54, 1.807) is 13.8 Å². The highest BCUT2D eigenvalue weighted by Gasteiger charge is 2.46. The molecule has 0 aliphatic heterocycles. The zero-order chi connectivity index (χ0) is 15.1. The van der Waals surface area contributed by atoms with Crippen LogP contribution in [-0.2, 0) is 9.59 Å². The fourth-order valence-corrected chi connectivity index (χ4v) is 1.99. The van der Waals surface area contributed by atoms with Crippen LogP contribution in [0.3, 0.4) is 0 Å². The number of hydrogen-bond donors (Lipinski definition) is 4. The molecule has 0 saturated carbocycles. The summed E-state index contributed by atoms with van der Waals surface area (Å²) in [7, 11) is 0. The molecule has 0 bridgehead atoms. The van der Waals surface area contributed by atoms with E-state index in [1.807, 2.05) is 0 Å². The van der Waals surface area contributed by atoms with E-state index in [9.17, 15) is 18.4 Å². The lowest BCUT2D eigenvalue weighted by Gasteiger charge is -2.27. The summed E-state index contributed by atoms with van der Waals surface area (Å²) in [5.41, 5.74) is -2.52. The molecule has 1 amide bonds. The van der Waals surface area contributed by atoms with Gasteiger partial charge in [0.05, 0.1) is 6.42 Å². The molecule has 2 N–H and O–H groups in total. The van der Waals surface area contributed by atoms with Crippen LogP contribution >= 0.6 is 25.3 Å². The van der Waals surface area contributed by atoms with Crippen LogP contribution < -0.4 is 10.6 Å². The number of ketones is 1. The number of carbonyl (C=O) groups is 2. The van der Waals surface area contributed by atoms with Crippen LogP contribution in [0.15, 0.2) is 0 Å². The summed E-state index contributed by atoms with van der Waals surface area (Å²) in [5, 5.41) is 4.58. The SMILES string of the molecule is CCNC(=O)[C@@](F)(CS)CC(=O)[C@](F)(CS)NCC. The first-order valence-corrected chi connectivity index (χ1v) is 7.22. The summed E-state index contributed by atoms with van der Waals surface area (Å²) in [4.78, 5) is 23.4. The second-order valence-electron chi connectivity index (χ2n) is 4.07. The van der Waals surface area contributed by atoms with Gasteiger partial charge in [-0.25, -0.2) is 8.78 Å². The molecule has 0 aromatic carbocycles. The lowest BCUT2D eigenvalue weighted by molar-refractivity contribution is -0.141. The number of carbonyl (C=O) groups excluding carboxylic acids is 2. The minimum absolute atomic E-state index is 0.185. The van der Waals surface area contributed by atoms with Gasteiger partial charge in [0, 0.05) is 18.1 Å². The molecule has 2 atom stereocenters. The molecule has 0 aliphatic carbocycles. The Morgan fingerprint density at radius 3 is 2.05 bits per heavy atom. The van der Waals surface area contributed by atoms with E-state index in [1.165, 1.54) is 0 Å². The van der Waals surface area contributed by atoms with Crippen LogP contribution in [0.25, 0.3) is 0 Å². The maximum absolute atomic E-state index is 14.3. The molecule has 4 nitrogen and oxygen atoms in total. The minimum atomic E-state index is -2.52. The van der Waals surface area contributed by atoms with E-state index in [0.717, 1.165) is 0 Å². The second kappa shape index (κ2) is 8.06. The third-order valence-corrected chi connectivity index (χ3v) is 3.49. The normalized spacial score (nSPS) is 17.4. The maximum Gasteiger partial charge on any atom is 0.259 e. The van der Waals surface area contributed by atoms with Crippen LogP contribution in [-0.4, -0.2) is 47.7 Å². The van der Waals surface area contributed by atoms with Gasteiger partial charge in [-0.3, -0.25) is 14.9 Å². The first-order chi connectivity index (χ1) is 8.79. The molecule has 0 aromatic rings. The number of amides is 1. The fraction of sp³-hybridized carbons (Fsp3) is 0.818. The van der Waals surface area contributed by atoms with Gasteiger partial charge in [0.1, 0.15) is 0 Å². The molecule has 0 heterocycles. The lowest BCUT2D eigenvalue weighted by atomic mass is 9.95. The topological polar surface area (TPSA) is 58.2 Å². The largest absolute Gasteiger partial charge is 0.354 e. The van der Waals surface area contributed by atoms with Gasteiger partial charge >= 0.3 is 0 Å². The van der Waals surface area contributed by atoms with Gasteiger partial charge in [0.15, 0.2) is 5.78 Å². The molecule has 0 aromatic heterocycles.